The minimum absolute atomic E-state index is 0.135. The van der Waals surface area contributed by atoms with Gasteiger partial charge in [0.05, 0.1) is 0 Å². The molecule has 0 saturated heterocycles. The highest BCUT2D eigenvalue weighted by Crippen LogP contribution is 2.07. The molecule has 0 aliphatic heterocycles. The maximum Gasteiger partial charge on any atom is 0.310 e. The lowest BCUT2D eigenvalue weighted by atomic mass is 10.3. The van der Waals surface area contributed by atoms with Gasteiger partial charge in [0, 0.05) is 6.42 Å². The van der Waals surface area contributed by atoms with Crippen molar-refractivity contribution in [3.63, 3.8) is 0 Å². The Balaban J connectivity index is 2.43. The van der Waals surface area contributed by atoms with Crippen LogP contribution >= 0.6 is 0 Å². The van der Waals surface area contributed by atoms with E-state index in [9.17, 15) is 9.59 Å². The predicted molar refractivity (Wildman–Crippen MR) is 50.7 cm³/mol. The van der Waals surface area contributed by atoms with E-state index in [0.717, 1.165) is 0 Å². The highest BCUT2D eigenvalue weighted by Gasteiger charge is 2.10. The van der Waals surface area contributed by atoms with Gasteiger partial charge in [-0.25, -0.2) is 5.48 Å². The Morgan fingerprint density at radius 2 is 2.27 bits per heavy atom. The number of aryl methyl sites for hydroxylation is 1. The smallest absolute Gasteiger partial charge is 0.310 e. The third-order valence-corrected chi connectivity index (χ3v) is 1.61. The van der Waals surface area contributed by atoms with Crippen molar-refractivity contribution in [3.05, 3.63) is 23.7 Å². The van der Waals surface area contributed by atoms with E-state index in [0.29, 0.717) is 12.2 Å². The molecule has 3 N–H and O–H groups in total. The molecule has 0 spiro atoms. The van der Waals surface area contributed by atoms with Gasteiger partial charge in [0.15, 0.2) is 12.4 Å². The third kappa shape index (κ3) is 3.43. The van der Waals surface area contributed by atoms with E-state index in [1.807, 2.05) is 12.4 Å². The first-order chi connectivity index (χ1) is 7.13. The summed E-state index contributed by atoms with van der Waals surface area (Å²) in [6, 6.07) is 3.23. The van der Waals surface area contributed by atoms with E-state index >= 15 is 0 Å². The summed E-state index contributed by atoms with van der Waals surface area (Å²) in [5.74, 6) is -0.369. The molecule has 0 radical (unpaired) electrons. The van der Waals surface area contributed by atoms with Crippen molar-refractivity contribution < 1.29 is 18.8 Å². The Bertz CT molecular complexity index is 359. The molecular weight excluding hydrogens is 200 g/mol. The molecule has 1 rings (SSSR count). The van der Waals surface area contributed by atoms with Crippen molar-refractivity contribution in [1.82, 2.24) is 5.48 Å². The van der Waals surface area contributed by atoms with Crippen LogP contribution in [-0.2, 0) is 16.1 Å². The van der Waals surface area contributed by atoms with Crippen molar-refractivity contribution >= 4 is 11.8 Å². The van der Waals surface area contributed by atoms with Gasteiger partial charge >= 0.3 is 5.91 Å². The van der Waals surface area contributed by atoms with Crippen LogP contribution in [0.2, 0.25) is 0 Å². The number of rotatable bonds is 5. The third-order valence-electron chi connectivity index (χ3n) is 1.61. The molecule has 6 nitrogen and oxygen atoms in total. The number of carbonyl (C=O) groups is 2. The average Bonchev–Trinajstić information content (AvgIpc) is 2.65. The fraction of sp³-hybridized carbons (Fsp3) is 0.333. The highest BCUT2D eigenvalue weighted by atomic mass is 16.7. The zero-order chi connectivity index (χ0) is 11.3. The number of nitrogens with two attached hydrogens (primary N) is 1. The lowest BCUT2D eigenvalue weighted by Crippen LogP contribution is -2.29. The number of primary amides is 1. The van der Waals surface area contributed by atoms with E-state index in [2.05, 4.69) is 4.84 Å². The summed E-state index contributed by atoms with van der Waals surface area (Å²) in [6.45, 7) is 1.54. The Morgan fingerprint density at radius 3 is 2.80 bits per heavy atom. The fourth-order valence-electron chi connectivity index (χ4n) is 0.913. The molecule has 0 aliphatic rings. The standard InChI is InChI=1S/C9H12N2O4/c1-2-6-3-4-7(15-6)9(13)11-14-5-8(10)12/h3-4H,2,5H2,1H3,(H2,10,12)(H,11,13). The van der Waals surface area contributed by atoms with Crippen LogP contribution in [-0.4, -0.2) is 18.4 Å². The second-order valence-electron chi connectivity index (χ2n) is 2.81. The van der Waals surface area contributed by atoms with Gasteiger partial charge in [-0.15, -0.1) is 0 Å². The van der Waals surface area contributed by atoms with Gasteiger partial charge in [-0.3, -0.25) is 14.4 Å². The predicted octanol–water partition coefficient (Wildman–Crippen LogP) is -0.0113. The first-order valence-electron chi connectivity index (χ1n) is 4.42. The number of hydrogen-bond acceptors (Lipinski definition) is 4. The van der Waals surface area contributed by atoms with Crippen LogP contribution in [0.3, 0.4) is 0 Å². The van der Waals surface area contributed by atoms with Crippen LogP contribution in [0.25, 0.3) is 0 Å². The zero-order valence-electron chi connectivity index (χ0n) is 8.28. The maximum atomic E-state index is 11.3. The topological polar surface area (TPSA) is 94.6 Å². The first kappa shape index (κ1) is 11.3. The largest absolute Gasteiger partial charge is 0.456 e. The van der Waals surface area contributed by atoms with Gasteiger partial charge in [-0.1, -0.05) is 6.92 Å². The summed E-state index contributed by atoms with van der Waals surface area (Å²) >= 11 is 0. The molecule has 0 saturated carbocycles. The van der Waals surface area contributed by atoms with Gasteiger partial charge < -0.3 is 10.2 Å². The van der Waals surface area contributed by atoms with E-state index in [-0.39, 0.29) is 12.4 Å². The van der Waals surface area contributed by atoms with E-state index in [4.69, 9.17) is 10.2 Å². The summed E-state index contributed by atoms with van der Waals surface area (Å²) in [4.78, 5) is 26.1. The normalized spacial score (nSPS) is 9.93. The number of amides is 2. The number of nitrogens with one attached hydrogen (secondary N) is 1. The van der Waals surface area contributed by atoms with Crippen molar-refractivity contribution in [2.75, 3.05) is 6.61 Å². The second kappa shape index (κ2) is 5.16. The summed E-state index contributed by atoms with van der Waals surface area (Å²) in [5.41, 5.74) is 6.84. The van der Waals surface area contributed by atoms with Crippen LogP contribution in [0.1, 0.15) is 23.2 Å². The molecule has 1 aromatic rings. The molecule has 0 aromatic carbocycles. The van der Waals surface area contributed by atoms with Crippen molar-refractivity contribution in [2.24, 2.45) is 5.73 Å². The molecule has 15 heavy (non-hydrogen) atoms. The molecule has 0 unspecified atom stereocenters. The highest BCUT2D eigenvalue weighted by molar-refractivity contribution is 5.90. The minimum Gasteiger partial charge on any atom is -0.456 e. The number of carbonyl (C=O) groups excluding carboxylic acids is 2. The molecule has 82 valence electrons. The van der Waals surface area contributed by atoms with E-state index in [1.54, 1.807) is 6.07 Å². The molecule has 0 fully saturated rings. The van der Waals surface area contributed by atoms with Gasteiger partial charge in [-0.05, 0) is 12.1 Å². The maximum absolute atomic E-state index is 11.3. The molecule has 1 aromatic heterocycles. The molecule has 2 amide bonds. The van der Waals surface area contributed by atoms with Crippen molar-refractivity contribution in [1.29, 1.82) is 0 Å². The molecule has 1 heterocycles. The summed E-state index contributed by atoms with van der Waals surface area (Å²) < 4.78 is 5.14. The Kier molecular flexibility index (Phi) is 3.87. The van der Waals surface area contributed by atoms with Crippen LogP contribution < -0.4 is 11.2 Å². The van der Waals surface area contributed by atoms with Gasteiger partial charge in [0.2, 0.25) is 5.91 Å². The minimum atomic E-state index is -0.663. The monoisotopic (exact) mass is 212 g/mol. The number of furan rings is 1. The van der Waals surface area contributed by atoms with Crippen LogP contribution in [0, 0.1) is 0 Å². The SMILES string of the molecule is CCc1ccc(C(=O)NOCC(N)=O)o1. The average molecular weight is 212 g/mol. The Hall–Kier alpha value is -1.82. The first-order valence-corrected chi connectivity index (χ1v) is 4.42. The second-order valence-corrected chi connectivity index (χ2v) is 2.81. The summed E-state index contributed by atoms with van der Waals surface area (Å²) in [7, 11) is 0. The van der Waals surface area contributed by atoms with Gasteiger partial charge in [0.1, 0.15) is 5.76 Å². The fourth-order valence-corrected chi connectivity index (χ4v) is 0.913. The Labute approximate surface area is 86.3 Å². The van der Waals surface area contributed by atoms with Crippen LogP contribution in [0.15, 0.2) is 16.5 Å². The molecule has 0 atom stereocenters. The zero-order valence-corrected chi connectivity index (χ0v) is 8.28. The van der Waals surface area contributed by atoms with Crippen LogP contribution in [0.4, 0.5) is 0 Å². The summed E-state index contributed by atoms with van der Waals surface area (Å²) in [5, 5.41) is 0. The van der Waals surface area contributed by atoms with Gasteiger partial charge in [-0.2, -0.15) is 0 Å². The quantitative estimate of drug-likeness (QED) is 0.671. The molecule has 0 aliphatic carbocycles. The van der Waals surface area contributed by atoms with E-state index < -0.39 is 11.8 Å². The van der Waals surface area contributed by atoms with Crippen molar-refractivity contribution in [2.45, 2.75) is 13.3 Å². The molecule has 6 heteroatoms. The lowest BCUT2D eigenvalue weighted by Gasteiger charge is -2.00. The molecular formula is C9H12N2O4. The molecule has 0 bridgehead atoms. The summed E-state index contributed by atoms with van der Waals surface area (Å²) in [6.07, 6.45) is 0.704. The van der Waals surface area contributed by atoms with Crippen LogP contribution in [0.5, 0.6) is 0 Å². The lowest BCUT2D eigenvalue weighted by molar-refractivity contribution is -0.124. The van der Waals surface area contributed by atoms with Crippen molar-refractivity contribution in [3.8, 4) is 0 Å². The Morgan fingerprint density at radius 1 is 1.53 bits per heavy atom. The number of hydroxylamine groups is 1. The number of hydrogen-bond donors (Lipinski definition) is 2. The van der Waals surface area contributed by atoms with E-state index in [1.165, 1.54) is 6.07 Å². The van der Waals surface area contributed by atoms with Gasteiger partial charge in [0.25, 0.3) is 0 Å².